The molecule has 0 aliphatic carbocycles. The van der Waals surface area contributed by atoms with Crippen LogP contribution in [0.3, 0.4) is 0 Å². The third-order valence-electron chi connectivity index (χ3n) is 4.80. The zero-order chi connectivity index (χ0) is 18.8. The molecule has 4 heterocycles. The van der Waals surface area contributed by atoms with Crippen LogP contribution in [-0.4, -0.2) is 32.5 Å². The molecule has 1 unspecified atom stereocenters. The monoisotopic (exact) mass is 403 g/mol. The summed E-state index contributed by atoms with van der Waals surface area (Å²) in [7, 11) is 0. The molecule has 0 radical (unpaired) electrons. The summed E-state index contributed by atoms with van der Waals surface area (Å²) >= 11 is 7.99. The third-order valence-corrected chi connectivity index (χ3v) is 6.33. The summed E-state index contributed by atoms with van der Waals surface area (Å²) in [6.07, 6.45) is 7.17. The molecule has 4 N–H and O–H groups in total. The number of thiophene rings is 1. The van der Waals surface area contributed by atoms with E-state index in [0.29, 0.717) is 18.0 Å². The van der Waals surface area contributed by atoms with E-state index in [4.69, 9.17) is 17.3 Å². The number of nitrogens with two attached hydrogens (primary N) is 1. The number of aliphatic hydroxyl groups excluding tert-OH is 1. The molecular weight excluding hydrogens is 382 g/mol. The van der Waals surface area contributed by atoms with Crippen LogP contribution >= 0.6 is 22.9 Å². The summed E-state index contributed by atoms with van der Waals surface area (Å²) in [4.78, 5) is 6.25. The zero-order valence-electron chi connectivity index (χ0n) is 14.8. The Hall–Kier alpha value is -1.77. The topological polar surface area (TPSA) is 89.0 Å². The van der Waals surface area contributed by atoms with Crippen LogP contribution in [0.5, 0.6) is 0 Å². The van der Waals surface area contributed by atoms with Gasteiger partial charge in [-0.2, -0.15) is 5.10 Å². The van der Waals surface area contributed by atoms with E-state index < -0.39 is 6.23 Å². The predicted molar refractivity (Wildman–Crippen MR) is 108 cm³/mol. The van der Waals surface area contributed by atoms with E-state index in [2.05, 4.69) is 15.4 Å². The SMILES string of the molecule is NC[C@H](Cc1cccnc1)NC(O)c1cc2c(s1)CCCn1ncc(Cl)c1-2. The Balaban J connectivity index is 1.54. The number of halogens is 1. The van der Waals surface area contributed by atoms with Crippen LogP contribution in [-0.2, 0) is 19.4 Å². The first-order valence-electron chi connectivity index (χ1n) is 9.03. The van der Waals surface area contributed by atoms with Crippen molar-refractivity contribution in [1.82, 2.24) is 20.1 Å². The van der Waals surface area contributed by atoms with Crippen molar-refractivity contribution in [2.24, 2.45) is 5.73 Å². The molecule has 0 bridgehead atoms. The fourth-order valence-corrected chi connectivity index (χ4v) is 4.87. The molecule has 0 saturated heterocycles. The van der Waals surface area contributed by atoms with Crippen molar-refractivity contribution in [1.29, 1.82) is 0 Å². The minimum absolute atomic E-state index is 0.0415. The lowest BCUT2D eigenvalue weighted by Crippen LogP contribution is -2.40. The van der Waals surface area contributed by atoms with E-state index in [1.807, 2.05) is 29.1 Å². The fraction of sp³-hybridized carbons (Fsp3) is 0.368. The molecule has 0 aromatic carbocycles. The molecule has 0 spiro atoms. The van der Waals surface area contributed by atoms with E-state index in [9.17, 15) is 5.11 Å². The second kappa shape index (κ2) is 8.08. The Kier molecular flexibility index (Phi) is 5.56. The number of aryl methyl sites for hydroxylation is 2. The van der Waals surface area contributed by atoms with E-state index in [1.54, 1.807) is 23.7 Å². The maximum Gasteiger partial charge on any atom is 0.140 e. The van der Waals surface area contributed by atoms with Gasteiger partial charge in [-0.1, -0.05) is 17.7 Å². The number of aromatic nitrogens is 3. The second-order valence-electron chi connectivity index (χ2n) is 6.72. The number of nitrogens with zero attached hydrogens (tertiary/aromatic N) is 3. The van der Waals surface area contributed by atoms with Crippen molar-refractivity contribution in [3.05, 3.63) is 57.1 Å². The summed E-state index contributed by atoms with van der Waals surface area (Å²) in [5.74, 6) is 0. The van der Waals surface area contributed by atoms with Gasteiger partial charge in [-0.15, -0.1) is 11.3 Å². The van der Waals surface area contributed by atoms with Crippen LogP contribution < -0.4 is 11.1 Å². The van der Waals surface area contributed by atoms with E-state index in [1.165, 1.54) is 4.88 Å². The Bertz CT molecular complexity index is 910. The molecule has 0 fully saturated rings. The average molecular weight is 404 g/mol. The molecule has 3 aromatic rings. The quantitative estimate of drug-likeness (QED) is 0.551. The number of pyridine rings is 1. The lowest BCUT2D eigenvalue weighted by Gasteiger charge is -2.20. The molecule has 0 saturated carbocycles. The van der Waals surface area contributed by atoms with Gasteiger partial charge in [0.1, 0.15) is 6.23 Å². The Morgan fingerprint density at radius 3 is 3.07 bits per heavy atom. The van der Waals surface area contributed by atoms with Crippen LogP contribution in [0.15, 0.2) is 36.8 Å². The van der Waals surface area contributed by atoms with Gasteiger partial charge in [0.25, 0.3) is 0 Å². The lowest BCUT2D eigenvalue weighted by atomic mass is 10.1. The molecule has 2 atom stereocenters. The summed E-state index contributed by atoms with van der Waals surface area (Å²) in [5.41, 5.74) is 9.03. The van der Waals surface area contributed by atoms with Gasteiger partial charge < -0.3 is 10.8 Å². The highest BCUT2D eigenvalue weighted by Gasteiger charge is 2.24. The first-order chi connectivity index (χ1) is 13.2. The number of rotatable bonds is 6. The van der Waals surface area contributed by atoms with Crippen LogP contribution in [0.2, 0.25) is 5.02 Å². The fourth-order valence-electron chi connectivity index (χ4n) is 3.48. The van der Waals surface area contributed by atoms with Crippen LogP contribution in [0.25, 0.3) is 11.3 Å². The highest BCUT2D eigenvalue weighted by Crippen LogP contribution is 2.40. The molecule has 4 rings (SSSR count). The first kappa shape index (κ1) is 18.6. The summed E-state index contributed by atoms with van der Waals surface area (Å²) in [6.45, 7) is 1.29. The molecule has 8 heteroatoms. The smallest absolute Gasteiger partial charge is 0.140 e. The Labute approximate surface area is 167 Å². The van der Waals surface area contributed by atoms with E-state index in [0.717, 1.165) is 41.1 Å². The summed E-state index contributed by atoms with van der Waals surface area (Å²) in [6, 6.07) is 5.91. The number of nitrogens with one attached hydrogen (secondary N) is 1. The highest BCUT2D eigenvalue weighted by atomic mass is 35.5. The van der Waals surface area contributed by atoms with Gasteiger partial charge >= 0.3 is 0 Å². The number of fused-ring (bicyclic) bond motifs is 3. The molecule has 3 aromatic heterocycles. The van der Waals surface area contributed by atoms with Crippen LogP contribution in [0.1, 0.15) is 28.0 Å². The predicted octanol–water partition coefficient (Wildman–Crippen LogP) is 2.76. The van der Waals surface area contributed by atoms with Crippen molar-refractivity contribution in [3.8, 4) is 11.3 Å². The van der Waals surface area contributed by atoms with Crippen molar-refractivity contribution >= 4 is 22.9 Å². The van der Waals surface area contributed by atoms with E-state index >= 15 is 0 Å². The maximum absolute atomic E-state index is 10.8. The number of aliphatic hydroxyl groups is 1. The van der Waals surface area contributed by atoms with Gasteiger partial charge in [-0.3, -0.25) is 15.0 Å². The minimum Gasteiger partial charge on any atom is -0.373 e. The molecule has 1 aliphatic rings. The molecule has 1 aliphatic heterocycles. The highest BCUT2D eigenvalue weighted by molar-refractivity contribution is 7.12. The zero-order valence-corrected chi connectivity index (χ0v) is 16.4. The number of hydrogen-bond donors (Lipinski definition) is 3. The minimum atomic E-state index is -0.776. The van der Waals surface area contributed by atoms with Crippen LogP contribution in [0.4, 0.5) is 0 Å². The van der Waals surface area contributed by atoms with Gasteiger partial charge in [0.15, 0.2) is 0 Å². The second-order valence-corrected chi connectivity index (χ2v) is 8.30. The standard InChI is InChI=1S/C19H22ClN5OS/c20-15-11-23-25-6-2-4-16-14(18(15)25)8-17(27-16)19(26)24-13(9-21)7-12-3-1-5-22-10-12/h1,3,5,8,10-11,13,19,24,26H,2,4,6-7,9,21H2/t13-,19?/m0/s1. The summed E-state index contributed by atoms with van der Waals surface area (Å²) in [5, 5.41) is 19.0. The van der Waals surface area contributed by atoms with E-state index in [-0.39, 0.29) is 6.04 Å². The lowest BCUT2D eigenvalue weighted by molar-refractivity contribution is 0.127. The van der Waals surface area contributed by atoms with Gasteiger partial charge in [-0.25, -0.2) is 0 Å². The van der Waals surface area contributed by atoms with Crippen molar-refractivity contribution in [3.63, 3.8) is 0 Å². The Morgan fingerprint density at radius 2 is 2.30 bits per heavy atom. The average Bonchev–Trinajstić information content (AvgIpc) is 3.21. The maximum atomic E-state index is 10.8. The molecule has 142 valence electrons. The number of hydrogen-bond acceptors (Lipinski definition) is 6. The van der Waals surface area contributed by atoms with Gasteiger partial charge in [0.05, 0.1) is 16.9 Å². The van der Waals surface area contributed by atoms with Gasteiger partial charge in [0.2, 0.25) is 0 Å². The normalized spacial score (nSPS) is 15.7. The largest absolute Gasteiger partial charge is 0.373 e. The van der Waals surface area contributed by atoms with Crippen LogP contribution in [0, 0.1) is 0 Å². The van der Waals surface area contributed by atoms with Gasteiger partial charge in [0, 0.05) is 46.8 Å². The van der Waals surface area contributed by atoms with Crippen molar-refractivity contribution in [2.75, 3.05) is 6.54 Å². The molecule has 0 amide bonds. The molecule has 6 nitrogen and oxygen atoms in total. The Morgan fingerprint density at radius 1 is 1.41 bits per heavy atom. The molecular formula is C19H22ClN5OS. The first-order valence-corrected chi connectivity index (χ1v) is 10.2. The van der Waals surface area contributed by atoms with Gasteiger partial charge in [-0.05, 0) is 37.0 Å². The molecule has 27 heavy (non-hydrogen) atoms. The third kappa shape index (κ3) is 3.93. The summed E-state index contributed by atoms with van der Waals surface area (Å²) < 4.78 is 1.95. The van der Waals surface area contributed by atoms with Crippen molar-refractivity contribution < 1.29 is 5.11 Å². The van der Waals surface area contributed by atoms with Crippen molar-refractivity contribution in [2.45, 2.75) is 38.1 Å².